The Labute approximate surface area is 144 Å². The second-order valence-electron chi connectivity index (χ2n) is 6.41. The molecule has 1 aliphatic rings. The zero-order valence-electron chi connectivity index (χ0n) is 14.1. The summed E-state index contributed by atoms with van der Waals surface area (Å²) in [6, 6.07) is 2.80. The fourth-order valence-corrected chi connectivity index (χ4v) is 2.85. The second kappa shape index (κ2) is 7.87. The first kappa shape index (κ1) is 18.6. The van der Waals surface area contributed by atoms with Gasteiger partial charge in [0, 0.05) is 12.1 Å². The average Bonchev–Trinajstić information content (AvgIpc) is 2.59. The zero-order chi connectivity index (χ0) is 18.6. The molecule has 8 nitrogen and oxygen atoms in total. The molecule has 0 spiro atoms. The Morgan fingerprint density at radius 3 is 2.32 bits per heavy atom. The highest BCUT2D eigenvalue weighted by molar-refractivity contribution is 5.91. The predicted octanol–water partition coefficient (Wildman–Crippen LogP) is 4.04. The highest BCUT2D eigenvalue weighted by Crippen LogP contribution is 2.29. The number of ether oxygens (including phenoxy) is 1. The van der Waals surface area contributed by atoms with E-state index in [1.54, 1.807) is 0 Å². The van der Waals surface area contributed by atoms with E-state index in [0.29, 0.717) is 5.92 Å². The number of esters is 1. The van der Waals surface area contributed by atoms with E-state index in [1.807, 2.05) is 6.92 Å². The number of non-ortho nitro benzene ring substituents is 2. The molecule has 0 saturated heterocycles. The third-order valence-corrected chi connectivity index (χ3v) is 4.52. The van der Waals surface area contributed by atoms with Crippen LogP contribution < -0.4 is 0 Å². The van der Waals surface area contributed by atoms with Crippen LogP contribution in [0.2, 0.25) is 0 Å². The van der Waals surface area contributed by atoms with Crippen molar-refractivity contribution in [2.45, 2.75) is 33.1 Å². The molecule has 25 heavy (non-hydrogen) atoms. The molecule has 0 aliphatic heterocycles. The molecular formula is C17H20N2O6. The summed E-state index contributed by atoms with van der Waals surface area (Å²) in [4.78, 5) is 32.4. The Morgan fingerprint density at radius 1 is 1.24 bits per heavy atom. The maximum atomic E-state index is 12.2. The summed E-state index contributed by atoms with van der Waals surface area (Å²) in [5, 5.41) is 21.8. The van der Waals surface area contributed by atoms with Gasteiger partial charge >= 0.3 is 5.97 Å². The van der Waals surface area contributed by atoms with Gasteiger partial charge in [-0.05, 0) is 38.0 Å². The van der Waals surface area contributed by atoms with Crippen LogP contribution in [0.3, 0.4) is 0 Å². The molecule has 0 fully saturated rings. The summed E-state index contributed by atoms with van der Waals surface area (Å²) in [6.45, 7) is 4.26. The lowest BCUT2D eigenvalue weighted by atomic mass is 9.82. The molecule has 1 aliphatic carbocycles. The number of hydrogen-bond acceptors (Lipinski definition) is 6. The first-order valence-electron chi connectivity index (χ1n) is 8.04. The molecule has 0 bridgehead atoms. The van der Waals surface area contributed by atoms with Crippen molar-refractivity contribution in [1.29, 1.82) is 0 Å². The van der Waals surface area contributed by atoms with Crippen LogP contribution in [0.15, 0.2) is 29.8 Å². The molecule has 0 amide bonds. The molecule has 2 atom stereocenters. The van der Waals surface area contributed by atoms with Gasteiger partial charge in [0.25, 0.3) is 11.4 Å². The summed E-state index contributed by atoms with van der Waals surface area (Å²) in [5.74, 6) is -0.237. The number of rotatable bonds is 6. The van der Waals surface area contributed by atoms with Crippen LogP contribution in [0.4, 0.5) is 11.4 Å². The van der Waals surface area contributed by atoms with Crippen molar-refractivity contribution in [3.05, 3.63) is 55.6 Å². The molecule has 0 N–H and O–H groups in total. The van der Waals surface area contributed by atoms with Gasteiger partial charge in [0.2, 0.25) is 0 Å². The van der Waals surface area contributed by atoms with E-state index in [-0.39, 0.29) is 18.1 Å². The van der Waals surface area contributed by atoms with Gasteiger partial charge in [-0.1, -0.05) is 18.6 Å². The van der Waals surface area contributed by atoms with Crippen LogP contribution in [0.1, 0.15) is 43.5 Å². The smallest absolute Gasteiger partial charge is 0.338 e. The van der Waals surface area contributed by atoms with Gasteiger partial charge in [0.1, 0.15) is 0 Å². The number of nitrogens with zero attached hydrogens (tertiary/aromatic N) is 2. The van der Waals surface area contributed by atoms with Gasteiger partial charge in [-0.25, -0.2) is 4.79 Å². The molecule has 0 radical (unpaired) electrons. The maximum Gasteiger partial charge on any atom is 0.338 e. The molecule has 134 valence electrons. The molecule has 2 unspecified atom stereocenters. The third kappa shape index (κ3) is 4.85. The van der Waals surface area contributed by atoms with E-state index in [0.717, 1.165) is 37.5 Å². The van der Waals surface area contributed by atoms with Gasteiger partial charge in [-0.15, -0.1) is 0 Å². The second-order valence-corrected chi connectivity index (χ2v) is 6.41. The van der Waals surface area contributed by atoms with E-state index in [1.165, 1.54) is 5.57 Å². The first-order valence-corrected chi connectivity index (χ1v) is 8.04. The molecule has 1 aromatic carbocycles. The van der Waals surface area contributed by atoms with Crippen molar-refractivity contribution in [1.82, 2.24) is 0 Å². The lowest BCUT2D eigenvalue weighted by Gasteiger charge is -2.26. The van der Waals surface area contributed by atoms with E-state index in [9.17, 15) is 25.0 Å². The number of benzene rings is 1. The summed E-state index contributed by atoms with van der Waals surface area (Å²) >= 11 is 0. The van der Waals surface area contributed by atoms with E-state index in [2.05, 4.69) is 13.0 Å². The van der Waals surface area contributed by atoms with Gasteiger partial charge < -0.3 is 4.74 Å². The Bertz CT molecular complexity index is 696. The molecule has 1 aromatic rings. The summed E-state index contributed by atoms with van der Waals surface area (Å²) in [7, 11) is 0. The predicted molar refractivity (Wildman–Crippen MR) is 90.3 cm³/mol. The molecule has 0 heterocycles. The molecule has 0 saturated carbocycles. The normalized spacial score (nSPS) is 18.2. The summed E-state index contributed by atoms with van der Waals surface area (Å²) in [5.41, 5.74) is 0.154. The van der Waals surface area contributed by atoms with E-state index < -0.39 is 27.2 Å². The van der Waals surface area contributed by atoms with Crippen LogP contribution >= 0.6 is 0 Å². The van der Waals surface area contributed by atoms with Crippen molar-refractivity contribution in [3.63, 3.8) is 0 Å². The molecule has 0 aromatic heterocycles. The standard InChI is InChI=1S/C17H20N2O6/c1-11-3-5-13(6-4-11)12(2)10-25-17(20)14-7-15(18(21)22)9-16(8-14)19(23)24/h3,7-9,12-13H,4-6,10H2,1-2H3. The highest BCUT2D eigenvalue weighted by Gasteiger charge is 2.23. The van der Waals surface area contributed by atoms with Crippen LogP contribution in [-0.4, -0.2) is 22.4 Å². The van der Waals surface area contributed by atoms with Crippen molar-refractivity contribution in [2.75, 3.05) is 6.61 Å². The van der Waals surface area contributed by atoms with Crippen molar-refractivity contribution in [2.24, 2.45) is 11.8 Å². The first-order chi connectivity index (χ1) is 11.8. The molecular weight excluding hydrogens is 328 g/mol. The van der Waals surface area contributed by atoms with Crippen LogP contribution in [0, 0.1) is 32.1 Å². The monoisotopic (exact) mass is 348 g/mol. The van der Waals surface area contributed by atoms with E-state index in [4.69, 9.17) is 4.74 Å². The molecule has 2 rings (SSSR count). The van der Waals surface area contributed by atoms with Crippen LogP contribution in [-0.2, 0) is 4.74 Å². The van der Waals surface area contributed by atoms with Gasteiger partial charge in [0.05, 0.1) is 28.1 Å². The minimum atomic E-state index is -0.791. The maximum absolute atomic E-state index is 12.2. The van der Waals surface area contributed by atoms with E-state index >= 15 is 0 Å². The van der Waals surface area contributed by atoms with Gasteiger partial charge in [-0.2, -0.15) is 0 Å². The largest absolute Gasteiger partial charge is 0.462 e. The Morgan fingerprint density at radius 2 is 1.84 bits per heavy atom. The number of nitro groups is 2. The third-order valence-electron chi connectivity index (χ3n) is 4.52. The Kier molecular flexibility index (Phi) is 5.84. The van der Waals surface area contributed by atoms with Crippen molar-refractivity contribution < 1.29 is 19.4 Å². The fourth-order valence-electron chi connectivity index (χ4n) is 2.85. The quantitative estimate of drug-likeness (QED) is 0.332. The number of carbonyl (C=O) groups is 1. The summed E-state index contributed by atoms with van der Waals surface area (Å²) in [6.07, 6.45) is 5.19. The Balaban J connectivity index is 2.05. The topological polar surface area (TPSA) is 113 Å². The Hall–Kier alpha value is -2.77. The lowest BCUT2D eigenvalue weighted by molar-refractivity contribution is -0.394. The lowest BCUT2D eigenvalue weighted by Crippen LogP contribution is -2.21. The average molecular weight is 348 g/mol. The highest BCUT2D eigenvalue weighted by atomic mass is 16.6. The number of carbonyl (C=O) groups excluding carboxylic acids is 1. The summed E-state index contributed by atoms with van der Waals surface area (Å²) < 4.78 is 5.23. The van der Waals surface area contributed by atoms with Crippen molar-refractivity contribution in [3.8, 4) is 0 Å². The number of allylic oxidation sites excluding steroid dienone is 2. The number of nitro benzene ring substituents is 2. The van der Waals surface area contributed by atoms with Crippen molar-refractivity contribution >= 4 is 17.3 Å². The SMILES string of the molecule is CC1=CCC(C(C)COC(=O)c2cc([N+](=O)[O-])cc([N+](=O)[O-])c2)CC1. The minimum Gasteiger partial charge on any atom is -0.462 e. The van der Waals surface area contributed by atoms with Crippen LogP contribution in [0.25, 0.3) is 0 Å². The minimum absolute atomic E-state index is 0.141. The van der Waals surface area contributed by atoms with Gasteiger partial charge in [-0.3, -0.25) is 20.2 Å². The molecule has 8 heteroatoms. The zero-order valence-corrected chi connectivity index (χ0v) is 14.1. The van der Waals surface area contributed by atoms with Gasteiger partial charge in [0.15, 0.2) is 0 Å². The number of hydrogen-bond donors (Lipinski definition) is 0. The van der Waals surface area contributed by atoms with Crippen LogP contribution in [0.5, 0.6) is 0 Å². The fraction of sp³-hybridized carbons (Fsp3) is 0.471.